The summed E-state index contributed by atoms with van der Waals surface area (Å²) in [4.78, 5) is 28.8. The van der Waals surface area contributed by atoms with Gasteiger partial charge in [0.2, 0.25) is 12.8 Å². The standard InChI is InChI=1S/C21H22ClFN2O2.C12H12ClNO.CH3NO/c1-12-10-27-21-15(12)8-19(16(9-24-11-26)13-3-2-4-13)25-20(21)14-5-6-17(22)18(23)7-14;1-7-4-9-6-10(13)8(2)14-12(9)11(5-7)15-3;2-1-3/h5-8,11-13,16H,2-4,9-10H2,1H3,(H,24,26);4-6H,1-3H3;1H,(H2,2,3). The first-order valence-electron chi connectivity index (χ1n) is 14.7. The average Bonchev–Trinajstić information content (AvgIpc) is 3.36. The third kappa shape index (κ3) is 7.83. The lowest BCUT2D eigenvalue weighted by molar-refractivity contribution is -0.109. The molecule has 2 aromatic heterocycles. The van der Waals surface area contributed by atoms with E-state index in [-0.39, 0.29) is 23.3 Å². The molecular formula is C34H37Cl2FN4O4. The van der Waals surface area contributed by atoms with Crippen LogP contribution in [0.15, 0.2) is 42.5 Å². The molecule has 2 unspecified atom stereocenters. The molecule has 1 saturated carbocycles. The number of hydrogen-bond acceptors (Lipinski definition) is 6. The molecule has 2 aromatic carbocycles. The number of methoxy groups -OCH3 is 1. The molecule has 4 aromatic rings. The van der Waals surface area contributed by atoms with Crippen LogP contribution in [0.25, 0.3) is 22.2 Å². The van der Waals surface area contributed by atoms with Crippen molar-refractivity contribution in [2.75, 3.05) is 20.3 Å². The maximum Gasteiger partial charge on any atom is 0.207 e. The predicted molar refractivity (Wildman–Crippen MR) is 176 cm³/mol. The number of fused-ring (bicyclic) bond motifs is 2. The van der Waals surface area contributed by atoms with E-state index in [0.717, 1.165) is 64.2 Å². The number of aryl methyl sites for hydroxylation is 2. The van der Waals surface area contributed by atoms with Gasteiger partial charge in [-0.25, -0.2) is 14.4 Å². The van der Waals surface area contributed by atoms with Gasteiger partial charge in [-0.3, -0.25) is 9.59 Å². The number of hydrogen-bond donors (Lipinski definition) is 2. The van der Waals surface area contributed by atoms with Gasteiger partial charge < -0.3 is 20.5 Å². The van der Waals surface area contributed by atoms with Crippen molar-refractivity contribution in [2.45, 2.75) is 51.9 Å². The van der Waals surface area contributed by atoms with Crippen molar-refractivity contribution < 1.29 is 23.5 Å². The van der Waals surface area contributed by atoms with Gasteiger partial charge in [-0.05, 0) is 74.6 Å². The zero-order valence-electron chi connectivity index (χ0n) is 25.7. The highest BCUT2D eigenvalue weighted by molar-refractivity contribution is 6.32. The third-order valence-electron chi connectivity index (χ3n) is 8.12. The fourth-order valence-electron chi connectivity index (χ4n) is 5.57. The van der Waals surface area contributed by atoms with E-state index in [0.29, 0.717) is 35.3 Å². The van der Waals surface area contributed by atoms with Crippen molar-refractivity contribution in [3.63, 3.8) is 0 Å². The molecule has 0 spiro atoms. The first-order valence-corrected chi connectivity index (χ1v) is 15.4. The molecule has 8 nitrogen and oxygen atoms in total. The maximum absolute atomic E-state index is 14.1. The summed E-state index contributed by atoms with van der Waals surface area (Å²) < 4.78 is 25.3. The Bertz CT molecular complexity index is 1680. The molecule has 2 atom stereocenters. The molecule has 2 aliphatic rings. The first-order chi connectivity index (χ1) is 21.6. The SMILES string of the molecule is CC1COc2c1cc(C(CNC=O)C1CCC1)nc2-c1ccc(Cl)c(F)c1.COc1cc(C)cc2cc(Cl)c(C)nc12.NC=O. The lowest BCUT2D eigenvalue weighted by Gasteiger charge is -2.33. The number of halogens is 3. The van der Waals surface area contributed by atoms with Gasteiger partial charge in [0.05, 0.1) is 29.5 Å². The number of nitrogens with two attached hydrogens (primary N) is 1. The highest BCUT2D eigenvalue weighted by Crippen LogP contribution is 2.45. The number of ether oxygens (including phenoxy) is 2. The Morgan fingerprint density at radius 2 is 1.84 bits per heavy atom. The van der Waals surface area contributed by atoms with E-state index in [4.69, 9.17) is 42.5 Å². The van der Waals surface area contributed by atoms with Crippen LogP contribution in [0.5, 0.6) is 11.5 Å². The van der Waals surface area contributed by atoms with Gasteiger partial charge in [-0.1, -0.05) is 42.6 Å². The van der Waals surface area contributed by atoms with Gasteiger partial charge in [0, 0.05) is 40.6 Å². The Labute approximate surface area is 272 Å². The Morgan fingerprint density at radius 1 is 1.11 bits per heavy atom. The summed E-state index contributed by atoms with van der Waals surface area (Å²) in [6.07, 6.45) is 4.48. The molecule has 0 bridgehead atoms. The normalized spacial score (nSPS) is 15.7. The van der Waals surface area contributed by atoms with Crippen molar-refractivity contribution in [2.24, 2.45) is 11.7 Å². The Kier molecular flexibility index (Phi) is 11.6. The number of primary amides is 1. The number of carbonyl (C=O) groups is 2. The van der Waals surface area contributed by atoms with E-state index in [1.54, 1.807) is 19.2 Å². The molecule has 0 saturated heterocycles. The van der Waals surface area contributed by atoms with Crippen LogP contribution in [0.2, 0.25) is 10.0 Å². The van der Waals surface area contributed by atoms with Gasteiger partial charge in [-0.15, -0.1) is 0 Å². The monoisotopic (exact) mass is 654 g/mol. The molecular weight excluding hydrogens is 618 g/mol. The van der Waals surface area contributed by atoms with Gasteiger partial charge >= 0.3 is 0 Å². The smallest absolute Gasteiger partial charge is 0.207 e. The minimum atomic E-state index is -0.473. The minimum absolute atomic E-state index is 0.0864. The number of benzene rings is 2. The number of rotatable bonds is 7. The number of nitrogens with zero attached hydrogens (tertiary/aromatic N) is 2. The van der Waals surface area contributed by atoms with E-state index < -0.39 is 5.82 Å². The zero-order valence-corrected chi connectivity index (χ0v) is 27.2. The van der Waals surface area contributed by atoms with Crippen molar-refractivity contribution in [1.29, 1.82) is 0 Å². The van der Waals surface area contributed by atoms with Crippen LogP contribution in [-0.2, 0) is 9.59 Å². The molecule has 2 amide bonds. The van der Waals surface area contributed by atoms with E-state index in [1.165, 1.54) is 12.5 Å². The minimum Gasteiger partial charge on any atom is -0.494 e. The van der Waals surface area contributed by atoms with Crippen molar-refractivity contribution in [3.05, 3.63) is 80.8 Å². The summed E-state index contributed by atoms with van der Waals surface area (Å²) in [6, 6.07) is 12.8. The largest absolute Gasteiger partial charge is 0.494 e. The molecule has 3 heterocycles. The van der Waals surface area contributed by atoms with Gasteiger partial charge in [0.1, 0.15) is 28.5 Å². The molecule has 1 aliphatic carbocycles. The van der Waals surface area contributed by atoms with Crippen molar-refractivity contribution in [3.8, 4) is 22.8 Å². The Balaban J connectivity index is 0.000000216. The fourth-order valence-corrected chi connectivity index (χ4v) is 5.85. The average molecular weight is 656 g/mol. The second kappa shape index (κ2) is 15.4. The summed E-state index contributed by atoms with van der Waals surface area (Å²) >= 11 is 11.9. The quantitative estimate of drug-likeness (QED) is 0.202. The second-order valence-corrected chi connectivity index (χ2v) is 12.0. The Morgan fingerprint density at radius 3 is 2.47 bits per heavy atom. The van der Waals surface area contributed by atoms with Crippen LogP contribution in [0.1, 0.15) is 60.5 Å². The summed E-state index contributed by atoms with van der Waals surface area (Å²) in [6.45, 7) is 7.18. The lowest BCUT2D eigenvalue weighted by Crippen LogP contribution is -2.30. The topological polar surface area (TPSA) is 116 Å². The predicted octanol–water partition coefficient (Wildman–Crippen LogP) is 7.28. The molecule has 3 N–H and O–H groups in total. The number of pyridine rings is 2. The zero-order chi connectivity index (χ0) is 32.7. The van der Waals surface area contributed by atoms with Crippen LogP contribution in [0.3, 0.4) is 0 Å². The van der Waals surface area contributed by atoms with E-state index >= 15 is 0 Å². The number of aromatic nitrogens is 2. The molecule has 6 rings (SSSR count). The van der Waals surface area contributed by atoms with Gasteiger partial charge in [0.25, 0.3) is 0 Å². The lowest BCUT2D eigenvalue weighted by atomic mass is 9.74. The summed E-state index contributed by atoms with van der Waals surface area (Å²) in [5.74, 6) is 1.96. The summed E-state index contributed by atoms with van der Waals surface area (Å²) in [7, 11) is 1.65. The van der Waals surface area contributed by atoms with Crippen LogP contribution in [0.4, 0.5) is 4.39 Å². The van der Waals surface area contributed by atoms with E-state index in [2.05, 4.69) is 35.1 Å². The van der Waals surface area contributed by atoms with Crippen molar-refractivity contribution >= 4 is 46.9 Å². The van der Waals surface area contributed by atoms with Crippen LogP contribution >= 0.6 is 23.2 Å². The van der Waals surface area contributed by atoms with Crippen molar-refractivity contribution in [1.82, 2.24) is 15.3 Å². The van der Waals surface area contributed by atoms with Crippen LogP contribution in [-0.4, -0.2) is 43.0 Å². The fraction of sp³-hybridized carbons (Fsp3) is 0.353. The molecule has 11 heteroatoms. The molecule has 45 heavy (non-hydrogen) atoms. The third-order valence-corrected chi connectivity index (χ3v) is 8.81. The highest BCUT2D eigenvalue weighted by Gasteiger charge is 2.33. The van der Waals surface area contributed by atoms with E-state index in [1.807, 2.05) is 26.0 Å². The highest BCUT2D eigenvalue weighted by atomic mass is 35.5. The number of carbonyl (C=O) groups excluding carboxylic acids is 2. The number of nitrogens with one attached hydrogen (secondary N) is 1. The van der Waals surface area contributed by atoms with E-state index in [9.17, 15) is 9.18 Å². The van der Waals surface area contributed by atoms with Crippen LogP contribution in [0, 0.1) is 25.6 Å². The maximum atomic E-state index is 14.1. The summed E-state index contributed by atoms with van der Waals surface area (Å²) in [5.41, 5.74) is 10.3. The van der Waals surface area contributed by atoms with Gasteiger partial charge in [-0.2, -0.15) is 0 Å². The molecule has 0 radical (unpaired) electrons. The first kappa shape index (κ1) is 33.9. The molecule has 238 valence electrons. The Hall–Kier alpha value is -3.95. The second-order valence-electron chi connectivity index (χ2n) is 11.2. The number of amides is 2. The van der Waals surface area contributed by atoms with Gasteiger partial charge in [0.15, 0.2) is 0 Å². The summed E-state index contributed by atoms with van der Waals surface area (Å²) in [5, 5.41) is 4.61. The van der Waals surface area contributed by atoms with Crippen LogP contribution < -0.4 is 20.5 Å². The molecule has 1 aliphatic heterocycles. The molecule has 1 fully saturated rings.